The highest BCUT2D eigenvalue weighted by Gasteiger charge is 2.34. The number of carboxylic acid groups (broad SMARTS) is 1. The Hall–Kier alpha value is -3.86. The number of esters is 1. The van der Waals surface area contributed by atoms with Crippen LogP contribution in [0.5, 0.6) is 0 Å². The minimum atomic E-state index is -4.63. The molecule has 2 unspecified atom stereocenters. The molecule has 190 valence electrons. The average Bonchev–Trinajstić information content (AvgIpc) is 2.83. The highest BCUT2D eigenvalue weighted by molar-refractivity contribution is 6.33. The SMILES string of the molecule is O=C(COC(=O)c1ccc(NC(=O)C2CC=CCC2C(=O)O)cc1)Nc1cc(C(F)(F)F)ccc1Cl. The molecule has 0 heterocycles. The summed E-state index contributed by atoms with van der Waals surface area (Å²) in [7, 11) is 0. The van der Waals surface area contributed by atoms with Crippen LogP contribution in [0.25, 0.3) is 0 Å². The van der Waals surface area contributed by atoms with Crippen LogP contribution < -0.4 is 10.6 Å². The number of amides is 2. The molecule has 2 amide bonds. The van der Waals surface area contributed by atoms with Gasteiger partial charge in [0, 0.05) is 5.69 Å². The summed E-state index contributed by atoms with van der Waals surface area (Å²) in [6.45, 7) is -0.782. The number of halogens is 4. The Kier molecular flexibility index (Phi) is 8.36. The van der Waals surface area contributed by atoms with Crippen LogP contribution in [0.3, 0.4) is 0 Å². The van der Waals surface area contributed by atoms with E-state index in [4.69, 9.17) is 16.3 Å². The molecule has 1 aliphatic rings. The molecule has 0 fully saturated rings. The van der Waals surface area contributed by atoms with Gasteiger partial charge in [-0.15, -0.1) is 0 Å². The van der Waals surface area contributed by atoms with E-state index >= 15 is 0 Å². The molecule has 1 aliphatic carbocycles. The van der Waals surface area contributed by atoms with Gasteiger partial charge >= 0.3 is 18.1 Å². The molecule has 0 saturated carbocycles. The number of alkyl halides is 3. The number of hydrogen-bond donors (Lipinski definition) is 3. The Morgan fingerprint density at radius 1 is 0.972 bits per heavy atom. The third kappa shape index (κ3) is 6.85. The third-order valence-corrected chi connectivity index (χ3v) is 5.71. The van der Waals surface area contributed by atoms with E-state index in [9.17, 15) is 37.5 Å². The van der Waals surface area contributed by atoms with E-state index in [1.165, 1.54) is 24.3 Å². The van der Waals surface area contributed by atoms with Gasteiger partial charge in [0.2, 0.25) is 5.91 Å². The number of carbonyl (C=O) groups excluding carboxylic acids is 3. The number of carboxylic acids is 1. The zero-order valence-electron chi connectivity index (χ0n) is 18.5. The summed E-state index contributed by atoms with van der Waals surface area (Å²) in [6.07, 6.45) is -0.613. The van der Waals surface area contributed by atoms with E-state index in [0.717, 1.165) is 12.1 Å². The van der Waals surface area contributed by atoms with E-state index in [2.05, 4.69) is 10.6 Å². The first-order valence-electron chi connectivity index (χ1n) is 10.6. The number of allylic oxidation sites excluding steroid dienone is 2. The van der Waals surface area contributed by atoms with E-state index in [1.54, 1.807) is 12.2 Å². The Bertz CT molecular complexity index is 1200. The van der Waals surface area contributed by atoms with Crippen molar-refractivity contribution in [1.29, 1.82) is 0 Å². The highest BCUT2D eigenvalue weighted by Crippen LogP contribution is 2.34. The second-order valence-corrected chi connectivity index (χ2v) is 8.28. The van der Waals surface area contributed by atoms with Crippen LogP contribution in [0.2, 0.25) is 5.02 Å². The predicted octanol–water partition coefficient (Wildman–Crippen LogP) is 4.76. The van der Waals surface area contributed by atoms with Crippen molar-refractivity contribution in [1.82, 2.24) is 0 Å². The number of ether oxygens (including phenoxy) is 1. The molecule has 0 bridgehead atoms. The van der Waals surface area contributed by atoms with Gasteiger partial charge in [-0.2, -0.15) is 13.2 Å². The quantitative estimate of drug-likeness (QED) is 0.355. The molecule has 2 atom stereocenters. The first kappa shape index (κ1) is 26.7. The topological polar surface area (TPSA) is 122 Å². The zero-order chi connectivity index (χ0) is 26.5. The number of carbonyl (C=O) groups is 4. The Labute approximate surface area is 208 Å². The molecule has 0 saturated heterocycles. The minimum Gasteiger partial charge on any atom is -0.481 e. The summed E-state index contributed by atoms with van der Waals surface area (Å²) >= 11 is 5.82. The lowest BCUT2D eigenvalue weighted by molar-refractivity contribution is -0.146. The van der Waals surface area contributed by atoms with E-state index < -0.39 is 53.9 Å². The maximum Gasteiger partial charge on any atom is 0.416 e. The summed E-state index contributed by atoms with van der Waals surface area (Å²) in [5.41, 5.74) is -0.926. The molecule has 12 heteroatoms. The Morgan fingerprint density at radius 2 is 1.61 bits per heavy atom. The van der Waals surface area contributed by atoms with Gasteiger partial charge in [0.25, 0.3) is 5.91 Å². The van der Waals surface area contributed by atoms with Crippen LogP contribution in [0.1, 0.15) is 28.8 Å². The van der Waals surface area contributed by atoms with Gasteiger partial charge in [-0.25, -0.2) is 4.79 Å². The predicted molar refractivity (Wildman–Crippen MR) is 123 cm³/mol. The van der Waals surface area contributed by atoms with Gasteiger partial charge in [-0.1, -0.05) is 23.8 Å². The lowest BCUT2D eigenvalue weighted by Crippen LogP contribution is -2.34. The van der Waals surface area contributed by atoms with Crippen LogP contribution in [-0.4, -0.2) is 35.5 Å². The lowest BCUT2D eigenvalue weighted by atomic mass is 9.82. The molecule has 8 nitrogen and oxygen atoms in total. The molecule has 0 aliphatic heterocycles. The molecular formula is C24H20ClF3N2O6. The van der Waals surface area contributed by atoms with E-state index in [-0.39, 0.29) is 22.7 Å². The largest absolute Gasteiger partial charge is 0.481 e. The van der Waals surface area contributed by atoms with Gasteiger partial charge < -0.3 is 20.5 Å². The van der Waals surface area contributed by atoms with E-state index in [1.807, 2.05) is 0 Å². The summed E-state index contributed by atoms with van der Waals surface area (Å²) in [5, 5.41) is 14.0. The number of benzene rings is 2. The molecule has 0 radical (unpaired) electrons. The standard InChI is InChI=1S/C24H20ClF3N2O6/c25-18-10-7-14(24(26,27)28)11-19(18)30-20(31)12-36-23(35)13-5-8-15(9-6-13)29-21(32)16-3-1-2-4-17(16)22(33)34/h1-2,5-11,16-17H,3-4,12H2,(H,29,32)(H,30,31)(H,33,34). The fourth-order valence-electron chi connectivity index (χ4n) is 3.50. The maximum absolute atomic E-state index is 12.8. The average molecular weight is 525 g/mol. The lowest BCUT2D eigenvalue weighted by Gasteiger charge is -2.24. The van der Waals surface area contributed by atoms with Gasteiger partial charge in [0.05, 0.1) is 33.7 Å². The Balaban J connectivity index is 1.54. The van der Waals surface area contributed by atoms with Crippen molar-refractivity contribution in [3.8, 4) is 0 Å². The van der Waals surface area contributed by atoms with Gasteiger partial charge in [-0.3, -0.25) is 14.4 Å². The van der Waals surface area contributed by atoms with Crippen LogP contribution in [0.15, 0.2) is 54.6 Å². The van der Waals surface area contributed by atoms with Crippen molar-refractivity contribution >= 4 is 46.7 Å². The third-order valence-electron chi connectivity index (χ3n) is 5.38. The van der Waals surface area contributed by atoms with Crippen LogP contribution in [-0.2, 0) is 25.3 Å². The first-order chi connectivity index (χ1) is 17.0. The second kappa shape index (κ2) is 11.3. The normalized spacial score (nSPS) is 17.2. The summed E-state index contributed by atoms with van der Waals surface area (Å²) in [4.78, 5) is 48.1. The second-order valence-electron chi connectivity index (χ2n) is 7.88. The smallest absolute Gasteiger partial charge is 0.416 e. The van der Waals surface area contributed by atoms with Gasteiger partial charge in [0.15, 0.2) is 6.61 Å². The number of anilines is 2. The maximum atomic E-state index is 12.8. The molecule has 2 aromatic rings. The molecule has 2 aromatic carbocycles. The molecule has 0 aromatic heterocycles. The van der Waals surface area contributed by atoms with Crippen molar-refractivity contribution < 1.29 is 42.2 Å². The fourth-order valence-corrected chi connectivity index (χ4v) is 3.66. The van der Waals surface area contributed by atoms with Crippen molar-refractivity contribution in [3.05, 3.63) is 70.8 Å². The van der Waals surface area contributed by atoms with Crippen molar-refractivity contribution in [2.24, 2.45) is 11.8 Å². The van der Waals surface area contributed by atoms with Gasteiger partial charge in [0.1, 0.15) is 0 Å². The molecule has 3 rings (SSSR count). The molecule has 0 spiro atoms. The van der Waals surface area contributed by atoms with Crippen LogP contribution >= 0.6 is 11.6 Å². The van der Waals surface area contributed by atoms with Crippen molar-refractivity contribution in [2.45, 2.75) is 19.0 Å². The van der Waals surface area contributed by atoms with Gasteiger partial charge in [-0.05, 0) is 55.3 Å². The van der Waals surface area contributed by atoms with Crippen molar-refractivity contribution in [2.75, 3.05) is 17.2 Å². The highest BCUT2D eigenvalue weighted by atomic mass is 35.5. The molecule has 3 N–H and O–H groups in total. The van der Waals surface area contributed by atoms with E-state index in [0.29, 0.717) is 18.2 Å². The molecular weight excluding hydrogens is 505 g/mol. The number of rotatable bonds is 7. The number of hydrogen-bond acceptors (Lipinski definition) is 5. The summed E-state index contributed by atoms with van der Waals surface area (Å²) in [6, 6.07) is 7.89. The number of nitrogens with one attached hydrogen (secondary N) is 2. The minimum absolute atomic E-state index is 0.0434. The summed E-state index contributed by atoms with van der Waals surface area (Å²) < 4.78 is 43.4. The number of aliphatic carboxylic acids is 1. The van der Waals surface area contributed by atoms with Crippen LogP contribution in [0.4, 0.5) is 24.5 Å². The first-order valence-corrected chi connectivity index (χ1v) is 11.0. The molecule has 36 heavy (non-hydrogen) atoms. The fraction of sp³-hybridized carbons (Fsp3) is 0.250. The summed E-state index contributed by atoms with van der Waals surface area (Å²) in [5.74, 6) is -4.88. The van der Waals surface area contributed by atoms with Crippen LogP contribution in [0, 0.1) is 11.8 Å². The Morgan fingerprint density at radius 3 is 2.22 bits per heavy atom. The monoisotopic (exact) mass is 524 g/mol. The zero-order valence-corrected chi connectivity index (χ0v) is 19.2. The van der Waals surface area contributed by atoms with Crippen molar-refractivity contribution in [3.63, 3.8) is 0 Å².